The number of aryl methyl sites for hydroxylation is 4. The SMILES string of the molecule is [2H]C([2H])([2H])c1ccc2c(c1)c1ccc(Oc3cc(CCC(C)C)cc(-n4nc(C)c(-c5ccccc5)c4C)c3)cc1n2-c1cc(C)ccn1. The van der Waals surface area contributed by atoms with E-state index in [1.54, 1.807) is 18.3 Å². The first-order chi connectivity index (χ1) is 23.5. The number of nitrogens with zero attached hydrogens (tertiary/aromatic N) is 4. The number of fused-ring (bicyclic) bond motifs is 3. The topological polar surface area (TPSA) is 44.9 Å². The molecule has 0 saturated heterocycles. The standard InChI is InChI=1S/C41H40N4O/c1-26(2)12-14-31-22-33(45-30(6)41(29(5)43-45)32-10-8-7-9-11-32)24-35(23-31)46-34-15-16-36-37-20-27(3)13-17-38(37)44(39(36)25-34)40-21-28(4)18-19-42-40/h7-11,13,15-26H,12,14H2,1-6H3/i3D3. The number of hydrogen-bond acceptors (Lipinski definition) is 3. The zero-order valence-electron chi connectivity index (χ0n) is 30.0. The molecule has 7 rings (SSSR count). The minimum atomic E-state index is -2.21. The Balaban J connectivity index is 1.35. The van der Waals surface area contributed by atoms with Gasteiger partial charge in [-0.3, -0.25) is 4.57 Å². The second-order valence-electron chi connectivity index (χ2n) is 12.6. The molecule has 46 heavy (non-hydrogen) atoms. The summed E-state index contributed by atoms with van der Waals surface area (Å²) >= 11 is 0. The average molecular weight is 608 g/mol. The minimum absolute atomic E-state index is 0.307. The van der Waals surface area contributed by atoms with Crippen molar-refractivity contribution in [1.82, 2.24) is 19.3 Å². The maximum Gasteiger partial charge on any atom is 0.137 e. The van der Waals surface area contributed by atoms with Crippen LogP contribution in [0.4, 0.5) is 0 Å². The summed E-state index contributed by atoms with van der Waals surface area (Å²) in [4.78, 5) is 4.70. The van der Waals surface area contributed by atoms with Gasteiger partial charge in [0.25, 0.3) is 0 Å². The number of ether oxygens (including phenoxy) is 1. The lowest BCUT2D eigenvalue weighted by Gasteiger charge is -2.14. The molecule has 3 heterocycles. The molecule has 0 fully saturated rings. The van der Waals surface area contributed by atoms with Gasteiger partial charge >= 0.3 is 0 Å². The predicted molar refractivity (Wildman–Crippen MR) is 190 cm³/mol. The first-order valence-electron chi connectivity index (χ1n) is 17.4. The summed E-state index contributed by atoms with van der Waals surface area (Å²) in [6, 6.07) is 32.1. The Morgan fingerprint density at radius 1 is 0.783 bits per heavy atom. The van der Waals surface area contributed by atoms with E-state index >= 15 is 0 Å². The van der Waals surface area contributed by atoms with Crippen molar-refractivity contribution in [2.45, 2.75) is 54.3 Å². The van der Waals surface area contributed by atoms with E-state index in [1.165, 1.54) is 5.56 Å². The van der Waals surface area contributed by atoms with Crippen LogP contribution in [0.15, 0.2) is 103 Å². The van der Waals surface area contributed by atoms with Crippen LogP contribution in [0, 0.1) is 33.5 Å². The zero-order chi connectivity index (χ0) is 34.4. The summed E-state index contributed by atoms with van der Waals surface area (Å²) in [7, 11) is 0. The van der Waals surface area contributed by atoms with Crippen molar-refractivity contribution in [3.8, 4) is 34.1 Å². The zero-order valence-corrected chi connectivity index (χ0v) is 27.0. The molecule has 5 nitrogen and oxygen atoms in total. The van der Waals surface area contributed by atoms with Gasteiger partial charge < -0.3 is 4.74 Å². The lowest BCUT2D eigenvalue weighted by atomic mass is 10.0. The highest BCUT2D eigenvalue weighted by atomic mass is 16.5. The number of hydrogen-bond donors (Lipinski definition) is 0. The van der Waals surface area contributed by atoms with Crippen LogP contribution in [0.25, 0.3) is 44.4 Å². The second-order valence-corrected chi connectivity index (χ2v) is 12.6. The normalized spacial score (nSPS) is 12.9. The van der Waals surface area contributed by atoms with Gasteiger partial charge in [-0.25, -0.2) is 9.67 Å². The molecule has 7 aromatic rings. The molecule has 5 heteroatoms. The average Bonchev–Trinajstić information content (AvgIpc) is 3.55. The van der Waals surface area contributed by atoms with Gasteiger partial charge in [-0.1, -0.05) is 55.8 Å². The summed E-state index contributed by atoms with van der Waals surface area (Å²) in [6.07, 6.45) is 3.78. The highest BCUT2D eigenvalue weighted by molar-refractivity contribution is 6.09. The van der Waals surface area contributed by atoms with Crippen molar-refractivity contribution >= 4 is 21.8 Å². The Hall–Kier alpha value is -5.16. The number of benzene rings is 4. The maximum atomic E-state index is 8.02. The van der Waals surface area contributed by atoms with Crippen LogP contribution in [0.5, 0.6) is 11.5 Å². The quantitative estimate of drug-likeness (QED) is 0.173. The van der Waals surface area contributed by atoms with Crippen LogP contribution < -0.4 is 4.74 Å². The van der Waals surface area contributed by atoms with E-state index in [9.17, 15) is 0 Å². The molecule has 0 amide bonds. The van der Waals surface area contributed by atoms with E-state index in [0.29, 0.717) is 17.2 Å². The number of aromatic nitrogens is 4. The summed E-state index contributed by atoms with van der Waals surface area (Å²) in [5.74, 6) is 2.73. The third-order valence-electron chi connectivity index (χ3n) is 8.66. The Kier molecular flexibility index (Phi) is 6.79. The minimum Gasteiger partial charge on any atom is -0.457 e. The molecule has 3 aromatic heterocycles. The molecular weight excluding hydrogens is 564 g/mol. The Morgan fingerprint density at radius 3 is 2.41 bits per heavy atom. The smallest absolute Gasteiger partial charge is 0.137 e. The van der Waals surface area contributed by atoms with Crippen molar-refractivity contribution in [1.29, 1.82) is 0 Å². The lowest BCUT2D eigenvalue weighted by molar-refractivity contribution is 0.481. The van der Waals surface area contributed by atoms with Gasteiger partial charge in [0.1, 0.15) is 17.3 Å². The molecule has 0 N–H and O–H groups in total. The molecule has 4 aromatic carbocycles. The van der Waals surface area contributed by atoms with Crippen molar-refractivity contribution in [3.63, 3.8) is 0 Å². The van der Waals surface area contributed by atoms with Crippen LogP contribution in [0.2, 0.25) is 0 Å². The van der Waals surface area contributed by atoms with E-state index in [2.05, 4.69) is 74.7 Å². The van der Waals surface area contributed by atoms with E-state index < -0.39 is 6.85 Å². The fourth-order valence-corrected chi connectivity index (χ4v) is 6.43. The van der Waals surface area contributed by atoms with Crippen molar-refractivity contribution in [3.05, 3.63) is 131 Å². The largest absolute Gasteiger partial charge is 0.457 e. The first kappa shape index (κ1) is 26.1. The van der Waals surface area contributed by atoms with E-state index in [4.69, 9.17) is 18.9 Å². The van der Waals surface area contributed by atoms with E-state index in [-0.39, 0.29) is 0 Å². The molecule has 0 aliphatic rings. The van der Waals surface area contributed by atoms with Crippen LogP contribution in [-0.2, 0) is 6.42 Å². The van der Waals surface area contributed by atoms with Gasteiger partial charge in [0.15, 0.2) is 0 Å². The third-order valence-corrected chi connectivity index (χ3v) is 8.66. The molecule has 0 spiro atoms. The van der Waals surface area contributed by atoms with E-state index in [1.807, 2.05) is 54.1 Å². The first-order valence-corrected chi connectivity index (χ1v) is 15.9. The Bertz CT molecular complexity index is 2320. The molecule has 0 aliphatic heterocycles. The molecule has 230 valence electrons. The van der Waals surface area contributed by atoms with Gasteiger partial charge in [0.05, 0.1) is 22.4 Å². The second kappa shape index (κ2) is 12.0. The highest BCUT2D eigenvalue weighted by Crippen LogP contribution is 2.37. The molecule has 0 saturated carbocycles. The Morgan fingerprint density at radius 2 is 1.63 bits per heavy atom. The monoisotopic (exact) mass is 607 g/mol. The van der Waals surface area contributed by atoms with Crippen LogP contribution in [0.3, 0.4) is 0 Å². The lowest BCUT2D eigenvalue weighted by Crippen LogP contribution is -2.02. The van der Waals surface area contributed by atoms with Crippen LogP contribution in [-0.4, -0.2) is 19.3 Å². The molecule has 0 atom stereocenters. The predicted octanol–water partition coefficient (Wildman–Crippen LogP) is 10.6. The summed E-state index contributed by atoms with van der Waals surface area (Å²) in [5, 5.41) is 6.78. The molecule has 0 bridgehead atoms. The van der Waals surface area contributed by atoms with Crippen molar-refractivity contribution in [2.24, 2.45) is 5.92 Å². The van der Waals surface area contributed by atoms with Crippen LogP contribution >= 0.6 is 0 Å². The fraction of sp³-hybridized carbons (Fsp3) is 0.220. The maximum absolute atomic E-state index is 8.02. The van der Waals surface area contributed by atoms with Gasteiger partial charge in [-0.15, -0.1) is 0 Å². The molecule has 0 radical (unpaired) electrons. The van der Waals surface area contributed by atoms with Crippen molar-refractivity contribution < 1.29 is 8.85 Å². The molecule has 0 aliphatic carbocycles. The molecular formula is C41H40N4O. The number of pyridine rings is 1. The highest BCUT2D eigenvalue weighted by Gasteiger charge is 2.18. The molecule has 0 unspecified atom stereocenters. The fourth-order valence-electron chi connectivity index (χ4n) is 6.43. The van der Waals surface area contributed by atoms with Gasteiger partial charge in [0, 0.05) is 44.5 Å². The summed E-state index contributed by atoms with van der Waals surface area (Å²) < 4.78 is 34.9. The van der Waals surface area contributed by atoms with Gasteiger partial charge in [-0.2, -0.15) is 5.10 Å². The third kappa shape index (κ3) is 5.58. The summed E-state index contributed by atoms with van der Waals surface area (Å²) in [5.41, 5.74) is 9.63. The Labute approximate surface area is 275 Å². The van der Waals surface area contributed by atoms with Crippen LogP contribution in [0.1, 0.15) is 52.5 Å². The number of rotatable bonds is 8. The van der Waals surface area contributed by atoms with Crippen molar-refractivity contribution in [2.75, 3.05) is 0 Å². The van der Waals surface area contributed by atoms with Gasteiger partial charge in [-0.05, 0) is 112 Å². The van der Waals surface area contributed by atoms with Gasteiger partial charge in [0.2, 0.25) is 0 Å². The van der Waals surface area contributed by atoms with E-state index in [0.717, 1.165) is 80.0 Å². The summed E-state index contributed by atoms with van der Waals surface area (Å²) in [6.45, 7) is 8.49.